The average Bonchev–Trinajstić information content (AvgIpc) is 3.31. The first-order chi connectivity index (χ1) is 18.5. The zero-order valence-corrected chi connectivity index (χ0v) is 24.1. The number of ketones is 1. The fourth-order valence-electron chi connectivity index (χ4n) is 4.57. The van der Waals surface area contributed by atoms with E-state index in [0.717, 1.165) is 42.4 Å². The van der Waals surface area contributed by atoms with Gasteiger partial charge in [0, 0.05) is 28.9 Å². The molecule has 1 amide bonds. The van der Waals surface area contributed by atoms with Gasteiger partial charge in [-0.3, -0.25) is 14.6 Å². The summed E-state index contributed by atoms with van der Waals surface area (Å²) < 4.78 is 13.8. The second-order valence-corrected chi connectivity index (χ2v) is 11.5. The number of anilines is 1. The Hall–Kier alpha value is -3.60. The molecule has 5 heteroatoms. The third-order valence-corrected chi connectivity index (χ3v) is 6.85. The molecule has 0 saturated heterocycles. The molecule has 0 aromatic heterocycles. The van der Waals surface area contributed by atoms with Gasteiger partial charge < -0.3 is 5.32 Å². The van der Waals surface area contributed by atoms with Crippen molar-refractivity contribution in [2.75, 3.05) is 5.32 Å². The first-order valence-electron chi connectivity index (χ1n) is 13.9. The molecule has 0 bridgehead atoms. The molecule has 0 radical (unpaired) electrons. The van der Waals surface area contributed by atoms with Gasteiger partial charge in [0.25, 0.3) is 5.91 Å². The van der Waals surface area contributed by atoms with Gasteiger partial charge in [0.1, 0.15) is 5.82 Å². The lowest BCUT2D eigenvalue weighted by molar-refractivity contribution is -0.112. The Labute approximate surface area is 232 Å². The SMILES string of the molecule is CCC/C=C/C(C(=O)Nc1ccc(C)c(C(=O)C2=NC=CC2C)c1)=C(\CCCC(C)(C)C)c1ccc(F)cc1. The number of carbonyl (C=O) groups is 2. The number of hydrogen-bond acceptors (Lipinski definition) is 3. The molecule has 1 N–H and O–H groups in total. The van der Waals surface area contributed by atoms with Crippen molar-refractivity contribution in [3.8, 4) is 0 Å². The van der Waals surface area contributed by atoms with Crippen LogP contribution in [0.15, 0.2) is 77.5 Å². The molecule has 3 rings (SSSR count). The van der Waals surface area contributed by atoms with E-state index in [-0.39, 0.29) is 28.8 Å². The molecular weight excluding hydrogens is 487 g/mol. The van der Waals surface area contributed by atoms with E-state index in [1.807, 2.05) is 44.2 Å². The molecule has 4 nitrogen and oxygen atoms in total. The number of benzene rings is 2. The van der Waals surface area contributed by atoms with Crippen molar-refractivity contribution >= 4 is 28.7 Å². The van der Waals surface area contributed by atoms with Crippen LogP contribution in [0.3, 0.4) is 0 Å². The summed E-state index contributed by atoms with van der Waals surface area (Å²) in [6.45, 7) is 12.5. The minimum atomic E-state index is -0.312. The number of halogens is 1. The van der Waals surface area contributed by atoms with Crippen molar-refractivity contribution in [3.63, 3.8) is 0 Å². The first-order valence-corrected chi connectivity index (χ1v) is 13.9. The summed E-state index contributed by atoms with van der Waals surface area (Å²) in [5.41, 5.74) is 4.83. The van der Waals surface area contributed by atoms with Gasteiger partial charge in [0.2, 0.25) is 5.78 Å². The standard InChI is InChI=1S/C34H41FN2O2/c1-7-8-9-11-29(28(12-10-20-34(4,5)6)25-14-16-26(35)17-15-25)33(39)37-27-18-13-23(2)30(22-27)32(38)31-24(3)19-21-36-31/h9,11,13-19,21-22,24H,7-8,10,12,20H2,1-6H3,(H,37,39)/b11-9+,29-28-. The van der Waals surface area contributed by atoms with E-state index in [4.69, 9.17) is 0 Å². The number of nitrogens with one attached hydrogen (secondary N) is 1. The van der Waals surface area contributed by atoms with Crippen LogP contribution in [0.25, 0.3) is 5.57 Å². The highest BCUT2D eigenvalue weighted by atomic mass is 19.1. The smallest absolute Gasteiger partial charge is 0.255 e. The van der Waals surface area contributed by atoms with Crippen molar-refractivity contribution in [3.05, 3.63) is 95.0 Å². The number of Topliss-reactive ketones (excluding diaryl/α,β-unsaturated/α-hetero) is 1. The van der Waals surface area contributed by atoms with E-state index in [1.165, 1.54) is 12.1 Å². The van der Waals surface area contributed by atoms with Gasteiger partial charge in [-0.1, -0.05) is 77.5 Å². The van der Waals surface area contributed by atoms with Gasteiger partial charge in [0.05, 0.1) is 5.71 Å². The Bertz CT molecular complexity index is 1310. The van der Waals surface area contributed by atoms with Gasteiger partial charge in [-0.2, -0.15) is 0 Å². The van der Waals surface area contributed by atoms with Crippen LogP contribution in [-0.4, -0.2) is 17.4 Å². The fourth-order valence-corrected chi connectivity index (χ4v) is 4.57. The van der Waals surface area contributed by atoms with Gasteiger partial charge in [0.15, 0.2) is 0 Å². The number of rotatable bonds is 11. The van der Waals surface area contributed by atoms with Crippen molar-refractivity contribution in [2.45, 2.75) is 73.6 Å². The first kappa shape index (κ1) is 29.9. The van der Waals surface area contributed by atoms with E-state index < -0.39 is 0 Å². The molecule has 0 fully saturated rings. The monoisotopic (exact) mass is 528 g/mol. The van der Waals surface area contributed by atoms with E-state index in [1.54, 1.807) is 24.4 Å². The van der Waals surface area contributed by atoms with Gasteiger partial charge >= 0.3 is 0 Å². The fraction of sp³-hybridized carbons (Fsp3) is 0.382. The van der Waals surface area contributed by atoms with E-state index in [0.29, 0.717) is 29.0 Å². The molecule has 39 heavy (non-hydrogen) atoms. The molecule has 1 heterocycles. The molecule has 0 spiro atoms. The highest BCUT2D eigenvalue weighted by molar-refractivity contribution is 6.47. The van der Waals surface area contributed by atoms with Crippen molar-refractivity contribution in [2.24, 2.45) is 16.3 Å². The summed E-state index contributed by atoms with van der Waals surface area (Å²) >= 11 is 0. The Morgan fingerprint density at radius 3 is 2.44 bits per heavy atom. The van der Waals surface area contributed by atoms with Crippen LogP contribution < -0.4 is 5.32 Å². The molecular formula is C34H41FN2O2. The second-order valence-electron chi connectivity index (χ2n) is 11.5. The maximum atomic E-state index is 13.8. The number of aryl methyl sites for hydroxylation is 1. The van der Waals surface area contributed by atoms with E-state index in [2.05, 4.69) is 38.0 Å². The highest BCUT2D eigenvalue weighted by Gasteiger charge is 2.23. The largest absolute Gasteiger partial charge is 0.322 e. The Kier molecular flexibility index (Phi) is 10.3. The number of aliphatic imine (C=N–C) groups is 1. The van der Waals surface area contributed by atoms with Gasteiger partial charge in [-0.15, -0.1) is 0 Å². The minimum absolute atomic E-state index is 0.0419. The van der Waals surface area contributed by atoms with Crippen LogP contribution >= 0.6 is 0 Å². The minimum Gasteiger partial charge on any atom is -0.322 e. The normalized spacial score (nSPS) is 15.9. The summed E-state index contributed by atoms with van der Waals surface area (Å²) in [7, 11) is 0. The zero-order chi connectivity index (χ0) is 28.6. The Morgan fingerprint density at radius 1 is 1.10 bits per heavy atom. The molecule has 1 aliphatic heterocycles. The molecule has 1 unspecified atom stereocenters. The maximum absolute atomic E-state index is 13.8. The molecule has 0 saturated carbocycles. The summed E-state index contributed by atoms with van der Waals surface area (Å²) in [5.74, 6) is -0.741. The summed E-state index contributed by atoms with van der Waals surface area (Å²) in [5, 5.41) is 3.03. The van der Waals surface area contributed by atoms with Gasteiger partial charge in [-0.25, -0.2) is 4.39 Å². The lowest BCUT2D eigenvalue weighted by atomic mass is 9.86. The number of unbranched alkanes of at least 4 members (excludes halogenated alkanes) is 1. The van der Waals surface area contributed by atoms with Crippen LogP contribution in [0.5, 0.6) is 0 Å². The third kappa shape index (κ3) is 8.44. The van der Waals surface area contributed by atoms with Crippen LogP contribution in [0.1, 0.15) is 88.2 Å². The highest BCUT2D eigenvalue weighted by Crippen LogP contribution is 2.31. The second kappa shape index (κ2) is 13.5. The maximum Gasteiger partial charge on any atom is 0.255 e. The summed E-state index contributed by atoms with van der Waals surface area (Å²) in [4.78, 5) is 31.3. The Balaban J connectivity index is 1.99. The predicted molar refractivity (Wildman–Crippen MR) is 161 cm³/mol. The quantitative estimate of drug-likeness (QED) is 0.180. The number of nitrogens with zero attached hydrogens (tertiary/aromatic N) is 1. The van der Waals surface area contributed by atoms with Gasteiger partial charge in [-0.05, 0) is 79.0 Å². The number of carbonyl (C=O) groups excluding carboxylic acids is 2. The van der Waals surface area contributed by atoms with Crippen LogP contribution in [0, 0.1) is 24.1 Å². The molecule has 206 valence electrons. The summed E-state index contributed by atoms with van der Waals surface area (Å²) in [6.07, 6.45) is 11.8. The number of amides is 1. The average molecular weight is 529 g/mol. The predicted octanol–water partition coefficient (Wildman–Crippen LogP) is 8.89. The Morgan fingerprint density at radius 2 is 1.82 bits per heavy atom. The lowest BCUT2D eigenvalue weighted by Gasteiger charge is -2.20. The molecule has 1 aliphatic rings. The van der Waals surface area contributed by atoms with Crippen LogP contribution in [-0.2, 0) is 4.79 Å². The number of allylic oxidation sites excluding steroid dienone is 3. The zero-order valence-electron chi connectivity index (χ0n) is 24.1. The van der Waals surface area contributed by atoms with Crippen LogP contribution in [0.2, 0.25) is 0 Å². The summed E-state index contributed by atoms with van der Waals surface area (Å²) in [6, 6.07) is 11.7. The topological polar surface area (TPSA) is 58.5 Å². The third-order valence-electron chi connectivity index (χ3n) is 6.85. The van der Waals surface area contributed by atoms with Crippen molar-refractivity contribution < 1.29 is 14.0 Å². The van der Waals surface area contributed by atoms with Crippen LogP contribution in [0.4, 0.5) is 10.1 Å². The molecule has 0 aliphatic carbocycles. The molecule has 2 aromatic rings. The van der Waals surface area contributed by atoms with E-state index >= 15 is 0 Å². The van der Waals surface area contributed by atoms with Crippen molar-refractivity contribution in [1.29, 1.82) is 0 Å². The van der Waals surface area contributed by atoms with E-state index in [9.17, 15) is 14.0 Å². The van der Waals surface area contributed by atoms with Crippen molar-refractivity contribution in [1.82, 2.24) is 0 Å². The number of hydrogen-bond donors (Lipinski definition) is 1. The molecule has 1 atom stereocenters. The lowest BCUT2D eigenvalue weighted by Crippen LogP contribution is -2.20. The molecule has 2 aromatic carbocycles.